The van der Waals surface area contributed by atoms with E-state index in [9.17, 15) is 4.79 Å². The van der Waals surface area contributed by atoms with Crippen LogP contribution in [0.4, 0.5) is 0 Å². The fourth-order valence-electron chi connectivity index (χ4n) is 2.94. The number of aromatic nitrogens is 2. The van der Waals surface area contributed by atoms with E-state index in [1.165, 1.54) is 0 Å². The van der Waals surface area contributed by atoms with E-state index in [2.05, 4.69) is 21.3 Å². The van der Waals surface area contributed by atoms with Crippen LogP contribution in [0.1, 0.15) is 36.9 Å². The fourth-order valence-corrected chi connectivity index (χ4v) is 2.94. The van der Waals surface area contributed by atoms with Crippen molar-refractivity contribution in [2.75, 3.05) is 0 Å². The van der Waals surface area contributed by atoms with Gasteiger partial charge in [-0.15, -0.1) is 0 Å². The van der Waals surface area contributed by atoms with Crippen LogP contribution in [0.15, 0.2) is 23.2 Å². The van der Waals surface area contributed by atoms with Crippen molar-refractivity contribution in [3.8, 4) is 0 Å². The van der Waals surface area contributed by atoms with E-state index in [0.29, 0.717) is 0 Å². The number of H-pyrrole nitrogens is 1. The van der Waals surface area contributed by atoms with Gasteiger partial charge in [-0.3, -0.25) is 5.10 Å². The molecule has 0 amide bonds. The summed E-state index contributed by atoms with van der Waals surface area (Å²) < 4.78 is 0. The van der Waals surface area contributed by atoms with Gasteiger partial charge in [-0.2, -0.15) is 10.1 Å². The van der Waals surface area contributed by atoms with Crippen molar-refractivity contribution in [3.05, 3.63) is 29.5 Å². The quantitative estimate of drug-likeness (QED) is 0.649. The van der Waals surface area contributed by atoms with E-state index >= 15 is 0 Å². The van der Waals surface area contributed by atoms with E-state index in [0.717, 1.165) is 47.8 Å². The smallest absolute Gasteiger partial charge is 0.235 e. The summed E-state index contributed by atoms with van der Waals surface area (Å²) in [6.07, 6.45) is 5.86. The van der Waals surface area contributed by atoms with Crippen molar-refractivity contribution >= 4 is 17.0 Å². The highest BCUT2D eigenvalue weighted by atomic mass is 16.1. The SMILES string of the molecule is Cc1[nH]nc2ccc(C3(N=C=O)CCCC3)cc12. The largest absolute Gasteiger partial charge is 0.282 e. The highest BCUT2D eigenvalue weighted by molar-refractivity contribution is 5.82. The summed E-state index contributed by atoms with van der Waals surface area (Å²) in [4.78, 5) is 14.8. The normalized spacial score (nSPS) is 17.8. The second-order valence-electron chi connectivity index (χ2n) is 5.02. The molecule has 1 aromatic heterocycles. The third-order valence-corrected chi connectivity index (χ3v) is 3.97. The van der Waals surface area contributed by atoms with Crippen LogP contribution in [0.25, 0.3) is 10.9 Å². The van der Waals surface area contributed by atoms with Gasteiger partial charge in [0, 0.05) is 11.1 Å². The fraction of sp³-hybridized carbons (Fsp3) is 0.429. The van der Waals surface area contributed by atoms with E-state index in [-0.39, 0.29) is 5.54 Å². The van der Waals surface area contributed by atoms with Gasteiger partial charge in [0.1, 0.15) is 0 Å². The molecule has 1 N–H and O–H groups in total. The second kappa shape index (κ2) is 4.07. The molecule has 18 heavy (non-hydrogen) atoms. The molecule has 3 rings (SSSR count). The Balaban J connectivity index is 2.17. The first kappa shape index (κ1) is 11.2. The molecule has 1 aliphatic carbocycles. The number of isocyanates is 1. The van der Waals surface area contributed by atoms with E-state index in [1.54, 1.807) is 6.08 Å². The standard InChI is InChI=1S/C14H15N3O/c1-10-12-8-11(4-5-13(12)17-16-10)14(15-9-18)6-2-3-7-14/h4-5,8H,2-3,6-7H2,1H3,(H,16,17). The minimum atomic E-state index is -0.348. The van der Waals surface area contributed by atoms with Gasteiger partial charge in [0.2, 0.25) is 6.08 Å². The van der Waals surface area contributed by atoms with Crippen molar-refractivity contribution < 1.29 is 4.79 Å². The number of nitrogens with zero attached hydrogens (tertiary/aromatic N) is 2. The molecule has 0 radical (unpaired) electrons. The molecule has 0 spiro atoms. The Hall–Kier alpha value is -1.93. The zero-order valence-electron chi connectivity index (χ0n) is 10.4. The highest BCUT2D eigenvalue weighted by Gasteiger charge is 2.35. The lowest BCUT2D eigenvalue weighted by Crippen LogP contribution is -2.18. The zero-order valence-corrected chi connectivity index (χ0v) is 10.4. The number of benzene rings is 1. The predicted octanol–water partition coefficient (Wildman–Crippen LogP) is 2.98. The van der Waals surface area contributed by atoms with Gasteiger partial charge in [0.05, 0.1) is 11.1 Å². The summed E-state index contributed by atoms with van der Waals surface area (Å²) in [6, 6.07) is 6.14. The van der Waals surface area contributed by atoms with Crippen LogP contribution in [0.2, 0.25) is 0 Å². The number of nitrogens with one attached hydrogen (secondary N) is 1. The first-order valence-corrected chi connectivity index (χ1v) is 6.29. The molecule has 2 aromatic rings. The predicted molar refractivity (Wildman–Crippen MR) is 69.1 cm³/mol. The Bertz CT molecular complexity index is 632. The van der Waals surface area contributed by atoms with Crippen molar-refractivity contribution in [2.45, 2.75) is 38.1 Å². The number of fused-ring (bicyclic) bond motifs is 1. The number of hydrogen-bond acceptors (Lipinski definition) is 3. The summed E-state index contributed by atoms with van der Waals surface area (Å²) in [5, 5.41) is 8.31. The Labute approximate surface area is 105 Å². The molecule has 0 bridgehead atoms. The topological polar surface area (TPSA) is 58.1 Å². The molecule has 0 unspecified atom stereocenters. The summed E-state index contributed by atoms with van der Waals surface area (Å²) in [5.74, 6) is 0. The van der Waals surface area contributed by atoms with Crippen LogP contribution in [0, 0.1) is 6.92 Å². The molecule has 0 atom stereocenters. The monoisotopic (exact) mass is 241 g/mol. The summed E-state index contributed by atoms with van der Waals surface area (Å²) in [6.45, 7) is 2.00. The third-order valence-electron chi connectivity index (χ3n) is 3.97. The maximum Gasteiger partial charge on any atom is 0.235 e. The summed E-state index contributed by atoms with van der Waals surface area (Å²) >= 11 is 0. The van der Waals surface area contributed by atoms with Crippen LogP contribution < -0.4 is 0 Å². The Morgan fingerprint density at radius 3 is 2.89 bits per heavy atom. The molecular weight excluding hydrogens is 226 g/mol. The van der Waals surface area contributed by atoms with Gasteiger partial charge in [0.15, 0.2) is 0 Å². The third kappa shape index (κ3) is 1.57. The van der Waals surface area contributed by atoms with Crippen LogP contribution in [-0.2, 0) is 10.3 Å². The molecule has 1 aromatic carbocycles. The van der Waals surface area contributed by atoms with Crippen molar-refractivity contribution in [2.24, 2.45) is 4.99 Å². The number of rotatable bonds is 2. The van der Waals surface area contributed by atoms with E-state index in [4.69, 9.17) is 0 Å². The minimum Gasteiger partial charge on any atom is -0.282 e. The number of carbonyl (C=O) groups excluding carboxylic acids is 1. The molecular formula is C14H15N3O. The van der Waals surface area contributed by atoms with Gasteiger partial charge in [-0.1, -0.05) is 18.9 Å². The molecule has 0 aliphatic heterocycles. The van der Waals surface area contributed by atoms with Crippen molar-refractivity contribution in [1.29, 1.82) is 0 Å². The van der Waals surface area contributed by atoms with Gasteiger partial charge in [-0.25, -0.2) is 4.79 Å². The Kier molecular flexibility index (Phi) is 2.53. The lowest BCUT2D eigenvalue weighted by atomic mass is 9.88. The second-order valence-corrected chi connectivity index (χ2v) is 5.02. The number of aliphatic imine (C=N–C) groups is 1. The summed E-state index contributed by atoms with van der Waals surface area (Å²) in [5.41, 5.74) is 2.77. The van der Waals surface area contributed by atoms with E-state index < -0.39 is 0 Å². The van der Waals surface area contributed by atoms with E-state index in [1.807, 2.05) is 19.1 Å². The van der Waals surface area contributed by atoms with Crippen molar-refractivity contribution in [1.82, 2.24) is 10.2 Å². The molecule has 1 fully saturated rings. The highest BCUT2D eigenvalue weighted by Crippen LogP contribution is 2.42. The molecule has 4 heteroatoms. The molecule has 4 nitrogen and oxygen atoms in total. The summed E-state index contributed by atoms with van der Waals surface area (Å²) in [7, 11) is 0. The molecule has 0 saturated heterocycles. The van der Waals surface area contributed by atoms with Gasteiger partial charge in [-0.05, 0) is 37.5 Å². The Morgan fingerprint density at radius 1 is 1.39 bits per heavy atom. The number of hydrogen-bond donors (Lipinski definition) is 1. The lowest BCUT2D eigenvalue weighted by Gasteiger charge is -2.22. The van der Waals surface area contributed by atoms with Crippen LogP contribution in [-0.4, -0.2) is 16.3 Å². The maximum absolute atomic E-state index is 10.7. The molecule has 92 valence electrons. The van der Waals surface area contributed by atoms with Gasteiger partial charge >= 0.3 is 0 Å². The minimum absolute atomic E-state index is 0.348. The van der Waals surface area contributed by atoms with Crippen LogP contribution in [0.3, 0.4) is 0 Å². The van der Waals surface area contributed by atoms with Crippen LogP contribution >= 0.6 is 0 Å². The molecule has 1 saturated carbocycles. The van der Waals surface area contributed by atoms with Crippen LogP contribution in [0.5, 0.6) is 0 Å². The first-order valence-electron chi connectivity index (χ1n) is 6.29. The molecule has 1 heterocycles. The first-order chi connectivity index (χ1) is 8.75. The number of aryl methyl sites for hydroxylation is 1. The van der Waals surface area contributed by atoms with Gasteiger partial charge < -0.3 is 0 Å². The zero-order chi connectivity index (χ0) is 12.6. The number of aromatic amines is 1. The average molecular weight is 241 g/mol. The lowest BCUT2D eigenvalue weighted by molar-refractivity contribution is 0.456. The van der Waals surface area contributed by atoms with Gasteiger partial charge in [0.25, 0.3) is 0 Å². The maximum atomic E-state index is 10.7. The molecule has 1 aliphatic rings. The average Bonchev–Trinajstić information content (AvgIpc) is 2.98. The van der Waals surface area contributed by atoms with Crippen molar-refractivity contribution in [3.63, 3.8) is 0 Å². The Morgan fingerprint density at radius 2 is 2.17 bits per heavy atom.